The Balaban J connectivity index is 2.02. The van der Waals surface area contributed by atoms with Crippen molar-refractivity contribution in [1.82, 2.24) is 5.23 Å². The van der Waals surface area contributed by atoms with Crippen molar-refractivity contribution in [1.29, 1.82) is 0 Å². The molecule has 0 saturated heterocycles. The SMILES string of the molecule is O=CCN(C(=O)N(O)OCc1ccccc1)c1ccccc1. The molecule has 0 aliphatic carbocycles. The summed E-state index contributed by atoms with van der Waals surface area (Å²) in [6.45, 7) is -0.151. The summed E-state index contributed by atoms with van der Waals surface area (Å²) in [6.07, 6.45) is 0.579. The van der Waals surface area contributed by atoms with Gasteiger partial charge in [-0.05, 0) is 17.7 Å². The lowest BCUT2D eigenvalue weighted by atomic mass is 10.2. The molecule has 0 fully saturated rings. The van der Waals surface area contributed by atoms with Crippen LogP contribution in [0.4, 0.5) is 10.5 Å². The molecule has 6 heteroatoms. The third kappa shape index (κ3) is 4.15. The van der Waals surface area contributed by atoms with Crippen molar-refractivity contribution in [3.63, 3.8) is 0 Å². The molecule has 6 nitrogen and oxygen atoms in total. The molecule has 0 heterocycles. The van der Waals surface area contributed by atoms with Crippen molar-refractivity contribution in [2.75, 3.05) is 11.4 Å². The van der Waals surface area contributed by atoms with Gasteiger partial charge in [0.2, 0.25) is 0 Å². The maximum absolute atomic E-state index is 12.2. The summed E-state index contributed by atoms with van der Waals surface area (Å²) < 4.78 is 0. The van der Waals surface area contributed by atoms with Gasteiger partial charge in [-0.15, -0.1) is 0 Å². The molecule has 0 aliphatic heterocycles. The fourth-order valence-electron chi connectivity index (χ4n) is 1.84. The maximum Gasteiger partial charge on any atom is 0.374 e. The highest BCUT2D eigenvalue weighted by molar-refractivity contribution is 5.93. The lowest BCUT2D eigenvalue weighted by Crippen LogP contribution is -2.42. The van der Waals surface area contributed by atoms with Crippen LogP contribution >= 0.6 is 0 Å². The number of hydroxylamine groups is 2. The number of carbonyl (C=O) groups is 2. The normalized spacial score (nSPS) is 10.0. The van der Waals surface area contributed by atoms with Crippen LogP contribution < -0.4 is 4.90 Å². The molecule has 2 rings (SSSR count). The van der Waals surface area contributed by atoms with E-state index in [-0.39, 0.29) is 18.4 Å². The molecule has 0 spiro atoms. The van der Waals surface area contributed by atoms with E-state index in [4.69, 9.17) is 4.84 Å². The summed E-state index contributed by atoms with van der Waals surface area (Å²) in [5, 5.41) is 9.88. The molecule has 1 N–H and O–H groups in total. The number of hydrogen-bond donors (Lipinski definition) is 1. The van der Waals surface area contributed by atoms with Crippen molar-refractivity contribution in [3.8, 4) is 0 Å². The lowest BCUT2D eigenvalue weighted by Gasteiger charge is -2.24. The van der Waals surface area contributed by atoms with Gasteiger partial charge >= 0.3 is 6.03 Å². The zero-order valence-electron chi connectivity index (χ0n) is 11.8. The Morgan fingerprint density at radius 3 is 2.23 bits per heavy atom. The van der Waals surface area contributed by atoms with Gasteiger partial charge < -0.3 is 4.79 Å². The Morgan fingerprint density at radius 2 is 1.64 bits per heavy atom. The zero-order chi connectivity index (χ0) is 15.8. The van der Waals surface area contributed by atoms with Crippen LogP contribution in [0.5, 0.6) is 0 Å². The van der Waals surface area contributed by atoms with Crippen LogP contribution in [0.1, 0.15) is 5.56 Å². The van der Waals surface area contributed by atoms with Gasteiger partial charge in [-0.2, -0.15) is 0 Å². The zero-order valence-corrected chi connectivity index (χ0v) is 11.8. The second-order valence-electron chi connectivity index (χ2n) is 4.43. The first kappa shape index (κ1) is 15.7. The number of nitrogens with zero attached hydrogens (tertiary/aromatic N) is 2. The standard InChI is InChI=1S/C16H16N2O4/c19-12-11-17(15-9-5-2-6-10-15)16(20)18(21)22-13-14-7-3-1-4-8-14/h1-10,12,21H,11,13H2. The molecule has 0 unspecified atom stereocenters. The highest BCUT2D eigenvalue weighted by Crippen LogP contribution is 2.15. The molecule has 0 bridgehead atoms. The summed E-state index contributed by atoms with van der Waals surface area (Å²) in [5.41, 5.74) is 1.29. The van der Waals surface area contributed by atoms with Gasteiger partial charge in [-0.25, -0.2) is 9.63 Å². The predicted molar refractivity (Wildman–Crippen MR) is 80.1 cm³/mol. The molecule has 0 radical (unpaired) electrons. The van der Waals surface area contributed by atoms with Gasteiger partial charge in [0.25, 0.3) is 0 Å². The molecular formula is C16H16N2O4. The predicted octanol–water partition coefficient (Wildman–Crippen LogP) is 2.63. The Morgan fingerprint density at radius 1 is 1.05 bits per heavy atom. The highest BCUT2D eigenvalue weighted by atomic mass is 16.9. The molecule has 114 valence electrons. The van der Waals surface area contributed by atoms with Crippen molar-refractivity contribution >= 4 is 18.0 Å². The van der Waals surface area contributed by atoms with Crippen LogP contribution in [0.3, 0.4) is 0 Å². The van der Waals surface area contributed by atoms with Crippen LogP contribution in [-0.4, -0.2) is 29.3 Å². The van der Waals surface area contributed by atoms with Crippen LogP contribution in [-0.2, 0) is 16.2 Å². The minimum atomic E-state index is -0.839. The van der Waals surface area contributed by atoms with Crippen LogP contribution in [0, 0.1) is 0 Å². The van der Waals surface area contributed by atoms with Crippen molar-refractivity contribution in [2.24, 2.45) is 0 Å². The average molecular weight is 300 g/mol. The number of aldehydes is 1. The summed E-state index contributed by atoms with van der Waals surface area (Å²) in [4.78, 5) is 29.1. The van der Waals surface area contributed by atoms with E-state index in [1.807, 2.05) is 18.2 Å². The highest BCUT2D eigenvalue weighted by Gasteiger charge is 2.22. The van der Waals surface area contributed by atoms with Crippen LogP contribution in [0.15, 0.2) is 60.7 Å². The number of amides is 2. The minimum absolute atomic E-state index is 0.0345. The quantitative estimate of drug-likeness (QED) is 0.506. The second-order valence-corrected chi connectivity index (χ2v) is 4.43. The number of carbonyl (C=O) groups excluding carboxylic acids is 2. The van der Waals surface area contributed by atoms with E-state index in [2.05, 4.69) is 0 Å². The number of hydrogen-bond acceptors (Lipinski definition) is 4. The number of benzene rings is 2. The lowest BCUT2D eigenvalue weighted by molar-refractivity contribution is -0.301. The smallest absolute Gasteiger partial charge is 0.301 e. The fourth-order valence-corrected chi connectivity index (χ4v) is 1.84. The first-order valence-corrected chi connectivity index (χ1v) is 6.68. The van der Waals surface area contributed by atoms with E-state index in [1.165, 1.54) is 0 Å². The number of rotatable bonds is 6. The van der Waals surface area contributed by atoms with E-state index < -0.39 is 6.03 Å². The number of urea groups is 1. The van der Waals surface area contributed by atoms with Crippen LogP contribution in [0.2, 0.25) is 0 Å². The topological polar surface area (TPSA) is 70.1 Å². The van der Waals surface area contributed by atoms with Gasteiger partial charge in [0.05, 0.1) is 6.54 Å². The third-order valence-corrected chi connectivity index (χ3v) is 2.92. The molecule has 2 aromatic rings. The molecule has 0 aliphatic rings. The van der Waals surface area contributed by atoms with Gasteiger partial charge in [0, 0.05) is 5.69 Å². The molecular weight excluding hydrogens is 284 g/mol. The van der Waals surface area contributed by atoms with E-state index in [0.29, 0.717) is 12.0 Å². The average Bonchev–Trinajstić information content (AvgIpc) is 2.58. The molecule has 2 aromatic carbocycles. The fraction of sp³-hybridized carbons (Fsp3) is 0.125. The first-order chi connectivity index (χ1) is 10.7. The molecule has 22 heavy (non-hydrogen) atoms. The second kappa shape index (κ2) is 7.92. The van der Waals surface area contributed by atoms with Crippen molar-refractivity contribution in [3.05, 3.63) is 66.2 Å². The molecule has 0 saturated carbocycles. The van der Waals surface area contributed by atoms with Crippen molar-refractivity contribution < 1.29 is 19.6 Å². The minimum Gasteiger partial charge on any atom is -0.301 e. The molecule has 0 atom stereocenters. The Hall–Kier alpha value is -2.70. The van der Waals surface area contributed by atoms with E-state index in [0.717, 1.165) is 10.5 Å². The number of anilines is 1. The third-order valence-electron chi connectivity index (χ3n) is 2.92. The van der Waals surface area contributed by atoms with Gasteiger partial charge in [0.15, 0.2) is 0 Å². The molecule has 2 amide bonds. The summed E-state index contributed by atoms with van der Waals surface area (Å²) >= 11 is 0. The van der Waals surface area contributed by atoms with Gasteiger partial charge in [-0.1, -0.05) is 53.8 Å². The monoisotopic (exact) mass is 300 g/mol. The first-order valence-electron chi connectivity index (χ1n) is 6.68. The van der Waals surface area contributed by atoms with Gasteiger partial charge in [-0.3, -0.25) is 10.1 Å². The maximum atomic E-state index is 12.2. The molecule has 0 aromatic heterocycles. The summed E-state index contributed by atoms with van der Waals surface area (Å²) in [5.74, 6) is 0. The Bertz CT molecular complexity index is 604. The largest absolute Gasteiger partial charge is 0.374 e. The van der Waals surface area contributed by atoms with E-state index >= 15 is 0 Å². The van der Waals surface area contributed by atoms with Gasteiger partial charge in [0.1, 0.15) is 12.9 Å². The Kier molecular flexibility index (Phi) is 5.65. The van der Waals surface area contributed by atoms with Crippen LogP contribution in [0.25, 0.3) is 0 Å². The van der Waals surface area contributed by atoms with E-state index in [9.17, 15) is 14.8 Å². The Labute approximate surface area is 128 Å². The summed E-state index contributed by atoms with van der Waals surface area (Å²) in [7, 11) is 0. The van der Waals surface area contributed by atoms with Crippen molar-refractivity contribution in [2.45, 2.75) is 6.61 Å². The van der Waals surface area contributed by atoms with E-state index in [1.54, 1.807) is 42.5 Å². The summed E-state index contributed by atoms with van der Waals surface area (Å²) in [6, 6.07) is 16.8. The number of para-hydroxylation sites is 1.